The lowest BCUT2D eigenvalue weighted by atomic mass is 9.99. The van der Waals surface area contributed by atoms with Crippen LogP contribution < -0.4 is 20.4 Å². The molecule has 1 saturated carbocycles. The third kappa shape index (κ3) is 8.11. The van der Waals surface area contributed by atoms with Gasteiger partial charge in [0.15, 0.2) is 0 Å². The molecule has 1 aliphatic rings. The Morgan fingerprint density at radius 1 is 1.03 bits per heavy atom. The van der Waals surface area contributed by atoms with Crippen LogP contribution in [0.15, 0.2) is 41.5 Å². The van der Waals surface area contributed by atoms with Crippen molar-refractivity contribution in [3.8, 4) is 11.5 Å². The van der Waals surface area contributed by atoms with E-state index in [0.29, 0.717) is 53.3 Å². The maximum atomic E-state index is 10.7. The summed E-state index contributed by atoms with van der Waals surface area (Å²) in [5, 5.41) is 15.7. The number of halogens is 2. The van der Waals surface area contributed by atoms with Crippen LogP contribution in [0.1, 0.15) is 50.5 Å². The molecule has 0 aliphatic heterocycles. The molecule has 0 unspecified atom stereocenters. The van der Waals surface area contributed by atoms with Gasteiger partial charge in [0, 0.05) is 23.6 Å². The number of nitrogens with two attached hydrogens (primary N) is 1. The molecule has 0 spiro atoms. The number of anilines is 1. The van der Waals surface area contributed by atoms with Crippen LogP contribution in [0.5, 0.6) is 11.5 Å². The molecule has 0 atom stereocenters. The van der Waals surface area contributed by atoms with Crippen molar-refractivity contribution in [2.24, 2.45) is 10.9 Å². The van der Waals surface area contributed by atoms with Gasteiger partial charge in [0.25, 0.3) is 0 Å². The number of aryl methyl sites for hydroxylation is 1. The van der Waals surface area contributed by atoms with Crippen molar-refractivity contribution in [2.45, 2.75) is 51.4 Å². The van der Waals surface area contributed by atoms with Crippen LogP contribution in [0.2, 0.25) is 10.0 Å². The average molecular weight is 494 g/mol. The van der Waals surface area contributed by atoms with Crippen LogP contribution in [0.4, 0.5) is 5.69 Å². The zero-order valence-electron chi connectivity index (χ0n) is 18.4. The largest absolute Gasteiger partial charge is 0.492 e. The third-order valence-electron chi connectivity index (χ3n) is 5.28. The number of hydrazone groups is 1. The smallest absolute Gasteiger partial charge is 0.303 e. The van der Waals surface area contributed by atoms with Gasteiger partial charge in [-0.2, -0.15) is 10.2 Å². The summed E-state index contributed by atoms with van der Waals surface area (Å²) in [6, 6.07) is 10.6. The van der Waals surface area contributed by atoms with Gasteiger partial charge < -0.3 is 14.6 Å². The van der Waals surface area contributed by atoms with Gasteiger partial charge in [-0.3, -0.25) is 4.79 Å². The third-order valence-corrected chi connectivity index (χ3v) is 5.81. The number of rotatable bonds is 11. The summed E-state index contributed by atoms with van der Waals surface area (Å²) in [7, 11) is 0. The Bertz CT molecular complexity index is 976. The fourth-order valence-corrected chi connectivity index (χ4v) is 3.97. The topological polar surface area (TPSA) is 97.4 Å². The van der Waals surface area contributed by atoms with E-state index in [9.17, 15) is 4.79 Å². The van der Waals surface area contributed by atoms with Gasteiger partial charge in [-0.05, 0) is 68.0 Å². The number of carboxylic acids is 1. The van der Waals surface area contributed by atoms with Crippen molar-refractivity contribution in [3.05, 3.63) is 52.0 Å². The molecule has 33 heavy (non-hydrogen) atoms. The quantitative estimate of drug-likeness (QED) is 0.231. The van der Waals surface area contributed by atoms with E-state index in [0.717, 1.165) is 37.0 Å². The van der Waals surface area contributed by atoms with Gasteiger partial charge >= 0.3 is 5.97 Å². The molecule has 0 saturated heterocycles. The number of ether oxygens (including phenoxy) is 2. The molecule has 0 bridgehead atoms. The van der Waals surface area contributed by atoms with Gasteiger partial charge in [0.2, 0.25) is 0 Å². The first-order valence-corrected chi connectivity index (χ1v) is 11.8. The Balaban J connectivity index is 1.50. The monoisotopic (exact) mass is 493 g/mol. The SMILES string of the molecule is NN(N=C1CCCCC1)c1cc(Cl)ccc1OCCCOc1ccc(CCC(=O)O)cc1Cl. The number of benzene rings is 2. The zero-order valence-corrected chi connectivity index (χ0v) is 19.9. The average Bonchev–Trinajstić information content (AvgIpc) is 2.80. The highest BCUT2D eigenvalue weighted by atomic mass is 35.5. The van der Waals surface area contributed by atoms with Crippen molar-refractivity contribution >= 4 is 40.6 Å². The van der Waals surface area contributed by atoms with Gasteiger partial charge in [-0.25, -0.2) is 5.84 Å². The van der Waals surface area contributed by atoms with E-state index in [2.05, 4.69) is 5.10 Å². The lowest BCUT2D eigenvalue weighted by Gasteiger charge is -2.20. The summed E-state index contributed by atoms with van der Waals surface area (Å²) in [5.74, 6) is 6.52. The molecule has 3 rings (SSSR count). The van der Waals surface area contributed by atoms with Gasteiger partial charge in [-0.15, -0.1) is 0 Å². The minimum Gasteiger partial charge on any atom is -0.492 e. The van der Waals surface area contributed by atoms with Crippen molar-refractivity contribution in [3.63, 3.8) is 0 Å². The first-order valence-electron chi connectivity index (χ1n) is 11.1. The molecule has 7 nitrogen and oxygen atoms in total. The van der Waals surface area contributed by atoms with E-state index >= 15 is 0 Å². The number of carbonyl (C=O) groups is 1. The first-order chi connectivity index (χ1) is 15.9. The summed E-state index contributed by atoms with van der Waals surface area (Å²) >= 11 is 12.4. The fraction of sp³-hybridized carbons (Fsp3) is 0.417. The van der Waals surface area contributed by atoms with Gasteiger partial charge in [0.05, 0.1) is 18.2 Å². The number of carboxylic acid groups (broad SMARTS) is 1. The summed E-state index contributed by atoms with van der Waals surface area (Å²) in [4.78, 5) is 10.7. The summed E-state index contributed by atoms with van der Waals surface area (Å²) < 4.78 is 11.7. The highest BCUT2D eigenvalue weighted by molar-refractivity contribution is 6.32. The Morgan fingerprint density at radius 2 is 1.73 bits per heavy atom. The Hall–Kier alpha value is -2.48. The lowest BCUT2D eigenvalue weighted by Crippen LogP contribution is -2.27. The van der Waals surface area contributed by atoms with E-state index < -0.39 is 5.97 Å². The predicted molar refractivity (Wildman–Crippen MR) is 132 cm³/mol. The van der Waals surface area contributed by atoms with Crippen LogP contribution >= 0.6 is 23.2 Å². The molecule has 2 aromatic rings. The van der Waals surface area contributed by atoms with Gasteiger partial charge in [0.1, 0.15) is 17.2 Å². The molecule has 3 N–H and O–H groups in total. The molecule has 0 radical (unpaired) electrons. The summed E-state index contributed by atoms with van der Waals surface area (Å²) in [6.45, 7) is 0.819. The number of hydrogen-bond donors (Lipinski definition) is 2. The lowest BCUT2D eigenvalue weighted by molar-refractivity contribution is -0.136. The molecule has 178 valence electrons. The molecular weight excluding hydrogens is 465 g/mol. The molecule has 0 aromatic heterocycles. The standard InChI is InChI=1S/C24H29Cl2N3O4/c25-18-9-11-23(21(16-18)29(27)28-19-5-2-1-3-6-19)33-14-4-13-32-22-10-7-17(15-20(22)26)8-12-24(30)31/h7,9-11,15-16H,1-6,8,12-14,27H2,(H,30,31). The van der Waals surface area contributed by atoms with Gasteiger partial charge in [-0.1, -0.05) is 35.7 Å². The Labute approximate surface area is 204 Å². The van der Waals surface area contributed by atoms with E-state index in [4.69, 9.17) is 43.6 Å². The number of hydrogen-bond acceptors (Lipinski definition) is 6. The maximum absolute atomic E-state index is 10.7. The fourth-order valence-electron chi connectivity index (χ4n) is 3.55. The van der Waals surface area contributed by atoms with Crippen molar-refractivity contribution in [2.75, 3.05) is 18.3 Å². The predicted octanol–water partition coefficient (Wildman–Crippen LogP) is 5.86. The number of hydrazine groups is 1. The van der Waals surface area contributed by atoms with Crippen LogP contribution in [0.3, 0.4) is 0 Å². The summed E-state index contributed by atoms with van der Waals surface area (Å²) in [5.41, 5.74) is 2.56. The summed E-state index contributed by atoms with van der Waals surface area (Å²) in [6.07, 6.45) is 6.55. The highest BCUT2D eigenvalue weighted by Gasteiger charge is 2.13. The van der Waals surface area contributed by atoms with Crippen molar-refractivity contribution in [1.29, 1.82) is 0 Å². The van der Waals surface area contributed by atoms with Crippen molar-refractivity contribution in [1.82, 2.24) is 0 Å². The van der Waals surface area contributed by atoms with E-state index in [1.807, 2.05) is 6.07 Å². The molecule has 1 aliphatic carbocycles. The minimum absolute atomic E-state index is 0.0629. The van der Waals surface area contributed by atoms with E-state index in [1.165, 1.54) is 11.5 Å². The Morgan fingerprint density at radius 3 is 2.42 bits per heavy atom. The van der Waals surface area contributed by atoms with Crippen LogP contribution in [-0.4, -0.2) is 30.0 Å². The molecule has 0 heterocycles. The number of aliphatic carboxylic acids is 1. The maximum Gasteiger partial charge on any atom is 0.303 e. The second-order valence-electron chi connectivity index (χ2n) is 7.89. The van der Waals surface area contributed by atoms with E-state index in [1.54, 1.807) is 30.3 Å². The van der Waals surface area contributed by atoms with E-state index in [-0.39, 0.29) is 6.42 Å². The minimum atomic E-state index is -0.838. The molecule has 9 heteroatoms. The first kappa shape index (κ1) is 25.1. The normalized spacial score (nSPS) is 13.5. The van der Waals surface area contributed by atoms with Crippen LogP contribution in [-0.2, 0) is 11.2 Å². The van der Waals surface area contributed by atoms with Crippen LogP contribution in [0.25, 0.3) is 0 Å². The van der Waals surface area contributed by atoms with Crippen molar-refractivity contribution < 1.29 is 19.4 Å². The highest BCUT2D eigenvalue weighted by Crippen LogP contribution is 2.31. The molecule has 1 fully saturated rings. The Kier molecular flexibility index (Phi) is 9.66. The number of nitrogens with zero attached hydrogens (tertiary/aromatic N) is 2. The zero-order chi connectivity index (χ0) is 23.6. The molecule has 2 aromatic carbocycles. The van der Waals surface area contributed by atoms with Crippen LogP contribution in [0, 0.1) is 0 Å². The second-order valence-corrected chi connectivity index (χ2v) is 8.74. The second kappa shape index (κ2) is 12.7. The molecule has 0 amide bonds. The molecular formula is C24H29Cl2N3O4.